The molecule has 2 aromatic heterocycles. The van der Waals surface area contributed by atoms with Crippen LogP contribution in [0.4, 0.5) is 10.1 Å². The number of hydrogen-bond donors (Lipinski definition) is 1. The van der Waals surface area contributed by atoms with Crippen molar-refractivity contribution in [2.24, 2.45) is 7.05 Å². The number of aryl methyl sites for hydroxylation is 1. The molecule has 0 aliphatic rings. The van der Waals surface area contributed by atoms with Crippen molar-refractivity contribution in [3.05, 3.63) is 156 Å². The summed E-state index contributed by atoms with van der Waals surface area (Å²) in [5.41, 5.74) is 9.86. The smallest absolute Gasteiger partial charge is 0.190 e. The van der Waals surface area contributed by atoms with Crippen LogP contribution in [0.3, 0.4) is 0 Å². The maximum Gasteiger partial charge on any atom is 0.190 e. The first-order valence-electron chi connectivity index (χ1n) is 14.5. The summed E-state index contributed by atoms with van der Waals surface area (Å²) in [5.74, 6) is 0.283. The van der Waals surface area contributed by atoms with Gasteiger partial charge in [-0.05, 0) is 47.4 Å². The molecule has 0 spiro atoms. The minimum atomic E-state index is -0.296. The van der Waals surface area contributed by atoms with E-state index in [1.165, 1.54) is 23.8 Å². The molecule has 0 fully saturated rings. The normalized spacial score (nSPS) is 10.8. The second kappa shape index (κ2) is 12.9. The summed E-state index contributed by atoms with van der Waals surface area (Å²) in [5, 5.41) is 10.7. The molecule has 1 N–H and O–H groups in total. The van der Waals surface area contributed by atoms with E-state index >= 15 is 0 Å². The van der Waals surface area contributed by atoms with Gasteiger partial charge in [0.1, 0.15) is 17.4 Å². The van der Waals surface area contributed by atoms with E-state index in [0.717, 1.165) is 56.5 Å². The largest absolute Gasteiger partial charge is 0.509 e. The van der Waals surface area contributed by atoms with Crippen LogP contribution in [-0.2, 0) is 34.5 Å². The number of fused-ring (bicyclic) bond motifs is 1. The molecule has 0 saturated heterocycles. The molecule has 0 aliphatic heterocycles. The van der Waals surface area contributed by atoms with Crippen molar-refractivity contribution < 1.29 is 30.6 Å². The van der Waals surface area contributed by atoms with Crippen LogP contribution in [0.2, 0.25) is 0 Å². The number of aromatic hydroxyl groups is 1. The van der Waals surface area contributed by atoms with Gasteiger partial charge in [-0.15, -0.1) is 23.8 Å². The molecule has 0 radical (unpaired) electrons. The van der Waals surface area contributed by atoms with Gasteiger partial charge in [-0.25, -0.2) is 14.2 Å². The molecule has 5 nitrogen and oxygen atoms in total. The SMILES string of the molecule is [C-]#[N+]c1ccc(-c2nc3c(-c4[c-]c(-c5ccc(Cc6ccccc6)cn5)cc(-c5ccc(F)cc5)c4)cccc3n2C)c(O)c1.[Pt]. The molecule has 0 unspecified atom stereocenters. The molecular weight excluding hydrogens is 755 g/mol. The number of halogens is 1. The van der Waals surface area contributed by atoms with E-state index in [2.05, 4.69) is 29.1 Å². The molecule has 5 aromatic carbocycles. The third-order valence-electron chi connectivity index (χ3n) is 7.95. The van der Waals surface area contributed by atoms with Gasteiger partial charge in [0.15, 0.2) is 5.69 Å². The second-order valence-corrected chi connectivity index (χ2v) is 10.9. The monoisotopic (exact) mass is 780 g/mol. The summed E-state index contributed by atoms with van der Waals surface area (Å²) in [7, 11) is 1.90. The summed E-state index contributed by atoms with van der Waals surface area (Å²) < 4.78 is 15.8. The van der Waals surface area contributed by atoms with Crippen LogP contribution in [0.15, 0.2) is 121 Å². The van der Waals surface area contributed by atoms with Crippen LogP contribution in [0, 0.1) is 18.5 Å². The Kier molecular flexibility index (Phi) is 8.61. The molecule has 46 heavy (non-hydrogen) atoms. The van der Waals surface area contributed by atoms with Crippen molar-refractivity contribution in [1.82, 2.24) is 14.5 Å². The van der Waals surface area contributed by atoms with Gasteiger partial charge in [0.05, 0.1) is 23.2 Å². The molecule has 2 heterocycles. The van der Waals surface area contributed by atoms with Crippen LogP contribution >= 0.6 is 0 Å². The first-order valence-corrected chi connectivity index (χ1v) is 14.5. The number of rotatable bonds is 6. The summed E-state index contributed by atoms with van der Waals surface area (Å²) >= 11 is 0. The molecule has 0 saturated carbocycles. The average Bonchev–Trinajstić information content (AvgIpc) is 3.41. The quantitative estimate of drug-likeness (QED) is 0.171. The Morgan fingerprint density at radius 3 is 2.30 bits per heavy atom. The predicted octanol–water partition coefficient (Wildman–Crippen LogP) is 9.42. The van der Waals surface area contributed by atoms with Gasteiger partial charge in [0.2, 0.25) is 0 Å². The van der Waals surface area contributed by atoms with E-state index in [1.807, 2.05) is 72.4 Å². The first kappa shape index (κ1) is 30.6. The van der Waals surface area contributed by atoms with Crippen molar-refractivity contribution in [1.29, 1.82) is 0 Å². The minimum absolute atomic E-state index is 0. The van der Waals surface area contributed by atoms with E-state index in [-0.39, 0.29) is 32.6 Å². The fourth-order valence-corrected chi connectivity index (χ4v) is 5.63. The van der Waals surface area contributed by atoms with Crippen molar-refractivity contribution in [2.45, 2.75) is 6.42 Å². The standard InChI is InChI=1S/C39H26FN4O.Pt/c1-41-32-16-17-34(37(45)23-32)39-43-38-33(9-6-10-36(38)44(39)2)29-20-28(27-12-14-31(40)15-13-27)21-30(22-29)35-18-11-26(24-42-35)19-25-7-4-3-5-8-25;/h3-18,20-21,23-24,45H,19H2,2H3;/q-1;. The van der Waals surface area contributed by atoms with Crippen molar-refractivity contribution in [3.63, 3.8) is 0 Å². The topological polar surface area (TPSA) is 55.3 Å². The number of pyridine rings is 1. The Balaban J connectivity index is 0.00000372. The second-order valence-electron chi connectivity index (χ2n) is 10.9. The number of imidazole rings is 1. The third kappa shape index (κ3) is 5.98. The molecular formula is C39H26FN4OPt-. The van der Waals surface area contributed by atoms with Crippen LogP contribution in [0.5, 0.6) is 5.75 Å². The number of para-hydroxylation sites is 1. The van der Waals surface area contributed by atoms with Crippen molar-refractivity contribution in [2.75, 3.05) is 0 Å². The van der Waals surface area contributed by atoms with E-state index < -0.39 is 0 Å². The number of hydrogen-bond acceptors (Lipinski definition) is 3. The maximum absolute atomic E-state index is 13.9. The van der Waals surface area contributed by atoms with Gasteiger partial charge in [0.25, 0.3) is 0 Å². The predicted molar refractivity (Wildman–Crippen MR) is 176 cm³/mol. The number of phenolic OH excluding ortho intramolecular Hbond substituents is 1. The molecule has 7 rings (SSSR count). The number of nitrogens with zero attached hydrogens (tertiary/aromatic N) is 4. The number of aromatic nitrogens is 3. The van der Waals surface area contributed by atoms with Gasteiger partial charge in [-0.3, -0.25) is 4.98 Å². The number of phenols is 1. The van der Waals surface area contributed by atoms with Crippen LogP contribution in [0.25, 0.3) is 60.8 Å². The van der Waals surface area contributed by atoms with Gasteiger partial charge >= 0.3 is 0 Å². The molecule has 0 aliphatic carbocycles. The minimum Gasteiger partial charge on any atom is -0.509 e. The summed E-state index contributed by atoms with van der Waals surface area (Å²) in [6.45, 7) is 7.26. The van der Waals surface area contributed by atoms with E-state index in [1.54, 1.807) is 24.3 Å². The van der Waals surface area contributed by atoms with Gasteiger partial charge in [-0.1, -0.05) is 95.6 Å². The Bertz CT molecular complexity index is 2220. The Morgan fingerprint density at radius 1 is 0.804 bits per heavy atom. The Morgan fingerprint density at radius 2 is 1.59 bits per heavy atom. The van der Waals surface area contributed by atoms with Crippen LogP contribution < -0.4 is 0 Å². The van der Waals surface area contributed by atoms with Crippen molar-refractivity contribution in [3.8, 4) is 50.6 Å². The summed E-state index contributed by atoms with van der Waals surface area (Å²) in [6, 6.07) is 39.3. The zero-order valence-corrected chi connectivity index (χ0v) is 27.0. The zero-order chi connectivity index (χ0) is 30.9. The van der Waals surface area contributed by atoms with E-state index in [0.29, 0.717) is 17.1 Å². The molecule has 226 valence electrons. The fourth-order valence-electron chi connectivity index (χ4n) is 5.63. The molecule has 7 heteroatoms. The molecule has 7 aromatic rings. The van der Waals surface area contributed by atoms with Crippen molar-refractivity contribution >= 4 is 16.7 Å². The maximum atomic E-state index is 13.9. The third-order valence-corrected chi connectivity index (χ3v) is 7.95. The summed E-state index contributed by atoms with van der Waals surface area (Å²) in [4.78, 5) is 13.2. The molecule has 0 amide bonds. The average molecular weight is 781 g/mol. The molecule has 0 bridgehead atoms. The summed E-state index contributed by atoms with van der Waals surface area (Å²) in [6.07, 6.45) is 2.69. The van der Waals surface area contributed by atoms with Gasteiger partial charge < -0.3 is 9.67 Å². The van der Waals surface area contributed by atoms with Crippen LogP contribution in [-0.4, -0.2) is 19.6 Å². The van der Waals surface area contributed by atoms with E-state index in [4.69, 9.17) is 16.5 Å². The van der Waals surface area contributed by atoms with Gasteiger partial charge in [-0.2, -0.15) is 0 Å². The van der Waals surface area contributed by atoms with Gasteiger partial charge in [0, 0.05) is 40.0 Å². The van der Waals surface area contributed by atoms with E-state index in [9.17, 15) is 9.50 Å². The number of benzene rings is 5. The first-order chi connectivity index (χ1) is 22.0. The zero-order valence-electron chi connectivity index (χ0n) is 24.7. The Hall–Kier alpha value is -5.37. The van der Waals surface area contributed by atoms with Crippen LogP contribution in [0.1, 0.15) is 11.1 Å². The fraction of sp³-hybridized carbons (Fsp3) is 0.0513. The Labute approximate surface area is 280 Å². The molecule has 0 atom stereocenters.